The first-order valence-electron chi connectivity index (χ1n) is 9.47. The normalized spacial score (nSPS) is 13.2. The third kappa shape index (κ3) is 6.04. The number of allylic oxidation sites excluding steroid dienone is 4. The fraction of sp³-hybridized carbons (Fsp3) is 0.478. The summed E-state index contributed by atoms with van der Waals surface area (Å²) in [6.45, 7) is 18.2. The van der Waals surface area contributed by atoms with Crippen LogP contribution in [0.3, 0.4) is 0 Å². The Morgan fingerprint density at radius 3 is 1.84 bits per heavy atom. The molecular formula is C23H36OSi. The average Bonchev–Trinajstić information content (AvgIpc) is 2.51. The Morgan fingerprint density at radius 1 is 0.880 bits per heavy atom. The smallest absolute Gasteiger partial charge is 0.258 e. The molecule has 1 rings (SSSR count). The molecule has 0 fully saturated rings. The molecule has 0 amide bonds. The van der Waals surface area contributed by atoms with Crippen molar-refractivity contribution in [1.29, 1.82) is 0 Å². The zero-order chi connectivity index (χ0) is 19.0. The van der Waals surface area contributed by atoms with Gasteiger partial charge in [-0.25, -0.2) is 0 Å². The molecule has 0 bridgehead atoms. The highest BCUT2D eigenvalue weighted by Gasteiger charge is 2.47. The predicted molar refractivity (Wildman–Crippen MR) is 115 cm³/mol. The largest absolute Gasteiger partial charge is 0.543 e. The number of hydrogen-bond acceptors (Lipinski definition) is 1. The lowest BCUT2D eigenvalue weighted by molar-refractivity contribution is 0.386. The predicted octanol–water partition coefficient (Wildman–Crippen LogP) is 7.74. The second kappa shape index (κ2) is 9.81. The molecule has 0 saturated carbocycles. The quantitative estimate of drug-likeness (QED) is 0.263. The van der Waals surface area contributed by atoms with E-state index in [1.54, 1.807) is 0 Å². The van der Waals surface area contributed by atoms with E-state index in [1.807, 2.05) is 6.07 Å². The van der Waals surface area contributed by atoms with Crippen molar-refractivity contribution in [3.05, 3.63) is 65.5 Å². The maximum Gasteiger partial charge on any atom is 0.258 e. The lowest BCUT2D eigenvalue weighted by atomic mass is 10.2. The van der Waals surface area contributed by atoms with Crippen LogP contribution in [0, 0.1) is 0 Å². The van der Waals surface area contributed by atoms with E-state index < -0.39 is 8.32 Å². The van der Waals surface area contributed by atoms with E-state index in [0.717, 1.165) is 5.76 Å². The number of benzene rings is 1. The molecule has 0 atom stereocenters. The van der Waals surface area contributed by atoms with E-state index in [4.69, 9.17) is 4.43 Å². The monoisotopic (exact) mass is 356 g/mol. The van der Waals surface area contributed by atoms with Crippen LogP contribution in [0.15, 0.2) is 59.9 Å². The van der Waals surface area contributed by atoms with Crippen LogP contribution in [0.2, 0.25) is 16.6 Å². The molecular weight excluding hydrogens is 320 g/mol. The molecule has 1 nitrogen and oxygen atoms in total. The van der Waals surface area contributed by atoms with Gasteiger partial charge in [0, 0.05) is 0 Å². The second-order valence-electron chi connectivity index (χ2n) is 7.98. The molecule has 0 unspecified atom stereocenters. The lowest BCUT2D eigenvalue weighted by Crippen LogP contribution is -2.47. The summed E-state index contributed by atoms with van der Waals surface area (Å²) in [4.78, 5) is 0. The molecule has 1 aromatic carbocycles. The molecule has 1 aromatic rings. The molecule has 0 saturated heterocycles. The van der Waals surface area contributed by atoms with Gasteiger partial charge in [-0.3, -0.25) is 0 Å². The maximum absolute atomic E-state index is 6.84. The summed E-state index contributed by atoms with van der Waals surface area (Å²) < 4.78 is 6.84. The van der Waals surface area contributed by atoms with Crippen molar-refractivity contribution >= 4 is 14.4 Å². The van der Waals surface area contributed by atoms with Gasteiger partial charge >= 0.3 is 0 Å². The molecule has 0 aliphatic heterocycles. The third-order valence-electron chi connectivity index (χ3n) is 4.78. The third-order valence-corrected chi connectivity index (χ3v) is 10.8. The van der Waals surface area contributed by atoms with Crippen LogP contribution in [0.25, 0.3) is 6.08 Å². The molecule has 0 aromatic heterocycles. The fourth-order valence-electron chi connectivity index (χ4n) is 3.77. The van der Waals surface area contributed by atoms with E-state index in [0.29, 0.717) is 16.6 Å². The molecule has 2 heteroatoms. The van der Waals surface area contributed by atoms with E-state index in [2.05, 4.69) is 104 Å². The Bertz CT molecular complexity index is 580. The second-order valence-corrected chi connectivity index (χ2v) is 13.4. The highest BCUT2D eigenvalue weighted by molar-refractivity contribution is 6.77. The zero-order valence-electron chi connectivity index (χ0n) is 17.3. The van der Waals surface area contributed by atoms with Gasteiger partial charge in [0.05, 0.1) is 0 Å². The first kappa shape index (κ1) is 21.5. The van der Waals surface area contributed by atoms with Crippen LogP contribution >= 0.6 is 0 Å². The average molecular weight is 357 g/mol. The first-order chi connectivity index (χ1) is 11.7. The van der Waals surface area contributed by atoms with E-state index >= 15 is 0 Å². The van der Waals surface area contributed by atoms with Gasteiger partial charge in [0.2, 0.25) is 0 Å². The van der Waals surface area contributed by atoms with Gasteiger partial charge in [0.15, 0.2) is 0 Å². The van der Waals surface area contributed by atoms with Crippen molar-refractivity contribution in [2.75, 3.05) is 0 Å². The van der Waals surface area contributed by atoms with E-state index in [9.17, 15) is 0 Å². The van der Waals surface area contributed by atoms with Crippen molar-refractivity contribution in [1.82, 2.24) is 0 Å². The summed E-state index contributed by atoms with van der Waals surface area (Å²) in [6, 6.07) is 10.4. The minimum Gasteiger partial charge on any atom is -0.543 e. The van der Waals surface area contributed by atoms with Gasteiger partial charge in [0.25, 0.3) is 8.32 Å². The molecule has 138 valence electrons. The molecule has 0 spiro atoms. The number of rotatable bonds is 8. The van der Waals surface area contributed by atoms with Gasteiger partial charge in [-0.2, -0.15) is 0 Å². The van der Waals surface area contributed by atoms with Crippen LogP contribution in [0.1, 0.15) is 61.0 Å². The summed E-state index contributed by atoms with van der Waals surface area (Å²) in [7, 11) is -1.93. The fourth-order valence-corrected chi connectivity index (χ4v) is 9.01. The van der Waals surface area contributed by atoms with Crippen molar-refractivity contribution in [3.63, 3.8) is 0 Å². The maximum atomic E-state index is 6.84. The summed E-state index contributed by atoms with van der Waals surface area (Å²) in [5.41, 5.74) is 4.17. The van der Waals surface area contributed by atoms with Crippen LogP contribution in [0.4, 0.5) is 0 Å². The molecule has 0 radical (unpaired) electrons. The molecule has 0 aliphatic rings. The van der Waals surface area contributed by atoms with Gasteiger partial charge in [-0.1, -0.05) is 89.6 Å². The van der Waals surface area contributed by atoms with Gasteiger partial charge in [-0.15, -0.1) is 0 Å². The Morgan fingerprint density at radius 2 is 1.40 bits per heavy atom. The van der Waals surface area contributed by atoms with Crippen LogP contribution in [0.5, 0.6) is 0 Å². The van der Waals surface area contributed by atoms with E-state index in [1.165, 1.54) is 11.1 Å². The Balaban J connectivity index is 3.19. The van der Waals surface area contributed by atoms with Crippen LogP contribution < -0.4 is 0 Å². The SMILES string of the molecule is CC(C)=C/C(=C/C=C/c1ccccc1)O[Si](C(C)C)(C(C)C)C(C)C. The van der Waals surface area contributed by atoms with Crippen molar-refractivity contribution < 1.29 is 4.43 Å². The first-order valence-corrected chi connectivity index (χ1v) is 11.6. The summed E-state index contributed by atoms with van der Waals surface area (Å²) in [6.07, 6.45) is 8.52. The lowest BCUT2D eigenvalue weighted by Gasteiger charge is -2.42. The Kier molecular flexibility index (Phi) is 8.44. The number of hydrogen-bond donors (Lipinski definition) is 0. The van der Waals surface area contributed by atoms with Crippen molar-refractivity contribution in [2.24, 2.45) is 0 Å². The van der Waals surface area contributed by atoms with E-state index in [-0.39, 0.29) is 0 Å². The molecule has 0 heterocycles. The highest BCUT2D eigenvalue weighted by Crippen LogP contribution is 2.43. The van der Waals surface area contributed by atoms with Crippen molar-refractivity contribution in [3.8, 4) is 0 Å². The topological polar surface area (TPSA) is 9.23 Å². The van der Waals surface area contributed by atoms with Gasteiger partial charge in [0.1, 0.15) is 5.76 Å². The molecule has 25 heavy (non-hydrogen) atoms. The Hall–Kier alpha value is -1.54. The molecule has 0 aliphatic carbocycles. The minimum absolute atomic E-state index is 0.569. The van der Waals surface area contributed by atoms with Crippen LogP contribution in [-0.2, 0) is 4.43 Å². The highest BCUT2D eigenvalue weighted by atomic mass is 28.4. The standard InChI is InChI=1S/C23H36OSi/c1-18(2)17-23(16-12-15-22-13-10-9-11-14-22)24-25(19(3)4,20(5)6)21(7)8/h9-17,19-21H,1-8H3/b15-12+,23-16-. The summed E-state index contributed by atoms with van der Waals surface area (Å²) in [5.74, 6) is 0.995. The molecule has 0 N–H and O–H groups in total. The zero-order valence-corrected chi connectivity index (χ0v) is 18.3. The van der Waals surface area contributed by atoms with Crippen molar-refractivity contribution in [2.45, 2.75) is 72.0 Å². The van der Waals surface area contributed by atoms with Crippen LogP contribution in [-0.4, -0.2) is 8.32 Å². The van der Waals surface area contributed by atoms with Gasteiger partial charge < -0.3 is 4.43 Å². The summed E-state index contributed by atoms with van der Waals surface area (Å²) >= 11 is 0. The Labute approximate surface area is 156 Å². The summed E-state index contributed by atoms with van der Waals surface area (Å²) in [5, 5.41) is 0. The van der Waals surface area contributed by atoms with Gasteiger partial charge in [-0.05, 0) is 48.2 Å². The minimum atomic E-state index is -1.93.